The molecule has 0 aromatic heterocycles. The fourth-order valence-corrected chi connectivity index (χ4v) is 5.88. The maximum Gasteiger partial charge on any atom is 0.155 e. The number of rotatable bonds is 0. The van der Waals surface area contributed by atoms with E-state index in [4.69, 9.17) is 0 Å². The molecule has 1 heteroatoms. The number of fused-ring (bicyclic) bond motifs is 5. The van der Waals surface area contributed by atoms with Gasteiger partial charge >= 0.3 is 0 Å². The molecule has 4 aliphatic rings. The molecule has 20 heavy (non-hydrogen) atoms. The summed E-state index contributed by atoms with van der Waals surface area (Å²) < 4.78 is 0. The highest BCUT2D eigenvalue weighted by Gasteiger charge is 2.53. The maximum atomic E-state index is 11.8. The zero-order valence-electron chi connectivity index (χ0n) is 12.9. The Balaban J connectivity index is 1.73. The number of carbonyl (C=O) groups excluding carboxylic acids is 1. The van der Waals surface area contributed by atoms with E-state index < -0.39 is 0 Å². The molecular weight excluding hydrogens is 244 g/mol. The fraction of sp³-hybridized carbons (Fsp3) is 0.737. The lowest BCUT2D eigenvalue weighted by molar-refractivity contribution is -0.116. The van der Waals surface area contributed by atoms with Crippen molar-refractivity contribution in [3.63, 3.8) is 0 Å². The van der Waals surface area contributed by atoms with Crippen molar-refractivity contribution in [2.75, 3.05) is 0 Å². The van der Waals surface area contributed by atoms with Gasteiger partial charge in [0.25, 0.3) is 0 Å². The molecule has 4 aliphatic carbocycles. The van der Waals surface area contributed by atoms with Crippen LogP contribution in [0.5, 0.6) is 0 Å². The lowest BCUT2D eigenvalue weighted by atomic mass is 9.49. The minimum absolute atomic E-state index is 0.321. The van der Waals surface area contributed by atoms with Crippen molar-refractivity contribution in [3.05, 3.63) is 23.3 Å². The molecule has 0 heterocycles. The highest BCUT2D eigenvalue weighted by Crippen LogP contribution is 2.63. The SMILES string of the molecule is C[C@]12CCC=C1[C@@H]1CCC3=CC(=O)CC[C@@]3(C)[C@@H]1CC2. The standard InChI is InChI=1S/C19H26O/c1-18-9-3-4-16(18)15-6-5-13-12-14(20)7-11-19(13,2)17(15)8-10-18/h4,12,15,17H,3,5-11H2,1-2H3/t15-,17+,18+,19+/m0/s1. The summed E-state index contributed by atoms with van der Waals surface area (Å²) in [6.07, 6.45) is 14.3. The van der Waals surface area contributed by atoms with Crippen molar-refractivity contribution in [1.29, 1.82) is 0 Å². The van der Waals surface area contributed by atoms with Crippen LogP contribution >= 0.6 is 0 Å². The van der Waals surface area contributed by atoms with Crippen LogP contribution in [0.1, 0.15) is 65.2 Å². The minimum atomic E-state index is 0.321. The first-order chi connectivity index (χ1) is 9.53. The van der Waals surface area contributed by atoms with Crippen molar-refractivity contribution < 1.29 is 4.79 Å². The second-order valence-electron chi connectivity index (χ2n) is 8.10. The molecule has 108 valence electrons. The van der Waals surface area contributed by atoms with Crippen molar-refractivity contribution in [1.82, 2.24) is 0 Å². The lowest BCUT2D eigenvalue weighted by Crippen LogP contribution is -2.46. The average molecular weight is 270 g/mol. The number of carbonyl (C=O) groups is 1. The molecule has 0 bridgehead atoms. The quantitative estimate of drug-likeness (QED) is 0.576. The molecule has 0 amide bonds. The van der Waals surface area contributed by atoms with E-state index >= 15 is 0 Å². The van der Waals surface area contributed by atoms with Gasteiger partial charge in [0.2, 0.25) is 0 Å². The van der Waals surface area contributed by atoms with Crippen LogP contribution in [-0.2, 0) is 4.79 Å². The van der Waals surface area contributed by atoms with Crippen molar-refractivity contribution in [3.8, 4) is 0 Å². The topological polar surface area (TPSA) is 17.1 Å². The molecular formula is C19H26O. The Morgan fingerprint density at radius 3 is 2.80 bits per heavy atom. The summed E-state index contributed by atoms with van der Waals surface area (Å²) in [7, 11) is 0. The molecule has 0 aliphatic heterocycles. The molecule has 0 aromatic carbocycles. The van der Waals surface area contributed by atoms with Crippen LogP contribution in [0.15, 0.2) is 23.3 Å². The third-order valence-corrected chi connectivity index (χ3v) is 7.15. The Hall–Kier alpha value is -0.850. The van der Waals surface area contributed by atoms with E-state index in [1.807, 2.05) is 6.08 Å². The van der Waals surface area contributed by atoms with Crippen LogP contribution in [0.2, 0.25) is 0 Å². The van der Waals surface area contributed by atoms with Crippen LogP contribution in [0.3, 0.4) is 0 Å². The highest BCUT2D eigenvalue weighted by molar-refractivity contribution is 5.91. The van der Waals surface area contributed by atoms with Gasteiger partial charge in [0, 0.05) is 6.42 Å². The first-order valence-corrected chi connectivity index (χ1v) is 8.47. The maximum absolute atomic E-state index is 11.8. The molecule has 0 N–H and O–H groups in total. The smallest absolute Gasteiger partial charge is 0.155 e. The summed E-state index contributed by atoms with van der Waals surface area (Å²) in [6.45, 7) is 4.96. The van der Waals surface area contributed by atoms with Crippen LogP contribution < -0.4 is 0 Å². The minimum Gasteiger partial charge on any atom is -0.295 e. The summed E-state index contributed by atoms with van der Waals surface area (Å²) in [4.78, 5) is 11.8. The molecule has 4 rings (SSSR count). The molecule has 0 spiro atoms. The summed E-state index contributed by atoms with van der Waals surface area (Å²) in [5.41, 5.74) is 4.12. The van der Waals surface area contributed by atoms with Crippen LogP contribution in [0, 0.1) is 22.7 Å². The van der Waals surface area contributed by atoms with E-state index in [1.165, 1.54) is 37.7 Å². The van der Waals surface area contributed by atoms with Gasteiger partial charge in [-0.3, -0.25) is 4.79 Å². The zero-order chi connectivity index (χ0) is 14.0. The van der Waals surface area contributed by atoms with Crippen molar-refractivity contribution >= 4 is 5.78 Å². The zero-order valence-corrected chi connectivity index (χ0v) is 12.9. The molecule has 0 unspecified atom stereocenters. The Labute approximate surface area is 122 Å². The van der Waals surface area contributed by atoms with Gasteiger partial charge in [-0.1, -0.05) is 31.1 Å². The lowest BCUT2D eigenvalue weighted by Gasteiger charge is -2.55. The number of ketones is 1. The monoisotopic (exact) mass is 270 g/mol. The second kappa shape index (κ2) is 4.08. The first-order valence-electron chi connectivity index (χ1n) is 8.47. The van der Waals surface area contributed by atoms with E-state index in [0.29, 0.717) is 16.6 Å². The Morgan fingerprint density at radius 1 is 1.10 bits per heavy atom. The van der Waals surface area contributed by atoms with Gasteiger partial charge in [0.05, 0.1) is 0 Å². The Kier molecular flexibility index (Phi) is 2.63. The molecule has 1 nitrogen and oxygen atoms in total. The van der Waals surface area contributed by atoms with Crippen molar-refractivity contribution in [2.24, 2.45) is 22.7 Å². The van der Waals surface area contributed by atoms with Crippen LogP contribution in [0.25, 0.3) is 0 Å². The highest BCUT2D eigenvalue weighted by atomic mass is 16.1. The van der Waals surface area contributed by atoms with Gasteiger partial charge in [0.15, 0.2) is 5.78 Å². The van der Waals surface area contributed by atoms with Crippen molar-refractivity contribution in [2.45, 2.75) is 65.2 Å². The van der Waals surface area contributed by atoms with Gasteiger partial charge in [-0.15, -0.1) is 0 Å². The van der Waals surface area contributed by atoms with E-state index in [0.717, 1.165) is 31.1 Å². The molecule has 0 saturated heterocycles. The summed E-state index contributed by atoms with van der Waals surface area (Å²) in [6, 6.07) is 0. The third kappa shape index (κ3) is 1.58. The van der Waals surface area contributed by atoms with Gasteiger partial charge in [-0.05, 0) is 73.7 Å². The third-order valence-electron chi connectivity index (χ3n) is 7.15. The van der Waals surface area contributed by atoms with E-state index in [-0.39, 0.29) is 0 Å². The van der Waals surface area contributed by atoms with Gasteiger partial charge < -0.3 is 0 Å². The predicted octanol–water partition coefficient (Wildman–Crippen LogP) is 4.83. The van der Waals surface area contributed by atoms with Gasteiger partial charge in [0.1, 0.15) is 0 Å². The first kappa shape index (κ1) is 12.9. The second-order valence-corrected chi connectivity index (χ2v) is 8.10. The van der Waals surface area contributed by atoms with E-state index in [9.17, 15) is 4.79 Å². The number of hydrogen-bond donors (Lipinski definition) is 0. The largest absolute Gasteiger partial charge is 0.295 e. The van der Waals surface area contributed by atoms with Gasteiger partial charge in [-0.25, -0.2) is 0 Å². The molecule has 2 saturated carbocycles. The number of allylic oxidation sites excluding steroid dienone is 4. The molecule has 0 aromatic rings. The molecule has 4 atom stereocenters. The number of hydrogen-bond acceptors (Lipinski definition) is 1. The molecule has 0 radical (unpaired) electrons. The van der Waals surface area contributed by atoms with E-state index in [1.54, 1.807) is 5.57 Å². The molecule has 2 fully saturated rings. The Morgan fingerprint density at radius 2 is 1.95 bits per heavy atom. The summed E-state index contributed by atoms with van der Waals surface area (Å²) >= 11 is 0. The normalized spacial score (nSPS) is 47.0. The summed E-state index contributed by atoms with van der Waals surface area (Å²) in [5.74, 6) is 1.98. The van der Waals surface area contributed by atoms with Crippen LogP contribution in [0.4, 0.5) is 0 Å². The summed E-state index contributed by atoms with van der Waals surface area (Å²) in [5, 5.41) is 0. The van der Waals surface area contributed by atoms with Gasteiger partial charge in [-0.2, -0.15) is 0 Å². The predicted molar refractivity (Wildman–Crippen MR) is 81.3 cm³/mol. The average Bonchev–Trinajstić information content (AvgIpc) is 2.81. The Bertz CT molecular complexity index is 526. The fourth-order valence-electron chi connectivity index (χ4n) is 5.88. The van der Waals surface area contributed by atoms with E-state index in [2.05, 4.69) is 19.9 Å². The van der Waals surface area contributed by atoms with Crippen LogP contribution in [-0.4, -0.2) is 5.78 Å².